The molecule has 0 fully saturated rings. The zero-order chi connectivity index (χ0) is 14.8. The van der Waals surface area contributed by atoms with Crippen molar-refractivity contribution < 1.29 is 19.5 Å². The molecule has 6 nitrogen and oxygen atoms in total. The van der Waals surface area contributed by atoms with Crippen LogP contribution in [0.3, 0.4) is 0 Å². The van der Waals surface area contributed by atoms with E-state index in [4.69, 9.17) is 5.11 Å². The van der Waals surface area contributed by atoms with Gasteiger partial charge in [0.05, 0.1) is 6.42 Å². The lowest BCUT2D eigenvalue weighted by Gasteiger charge is -2.23. The van der Waals surface area contributed by atoms with Gasteiger partial charge in [-0.2, -0.15) is 0 Å². The number of aliphatic carboxylic acids is 1. The average Bonchev–Trinajstić information content (AvgIpc) is 2.37. The van der Waals surface area contributed by atoms with Gasteiger partial charge in [0.25, 0.3) is 0 Å². The molecule has 0 rings (SSSR count). The minimum Gasteiger partial charge on any atom is -0.480 e. The maximum Gasteiger partial charge on any atom is 0.326 e. The molecular formula is C13H24N2O4. The lowest BCUT2D eigenvalue weighted by molar-refractivity contribution is -0.145. The first-order valence-corrected chi connectivity index (χ1v) is 6.76. The van der Waals surface area contributed by atoms with Gasteiger partial charge in [0.15, 0.2) is 0 Å². The minimum atomic E-state index is -1.18. The van der Waals surface area contributed by atoms with Gasteiger partial charge < -0.3 is 15.3 Å². The van der Waals surface area contributed by atoms with Gasteiger partial charge >= 0.3 is 5.97 Å². The van der Waals surface area contributed by atoms with E-state index in [2.05, 4.69) is 5.32 Å². The Bertz CT molecular complexity index is 312. The van der Waals surface area contributed by atoms with E-state index >= 15 is 0 Å². The first kappa shape index (κ1) is 17.4. The van der Waals surface area contributed by atoms with Gasteiger partial charge in [0.2, 0.25) is 11.8 Å². The molecule has 0 bridgehead atoms. The van der Waals surface area contributed by atoms with Gasteiger partial charge in [-0.25, -0.2) is 4.79 Å². The number of nitrogens with one attached hydrogen (secondary N) is 1. The molecule has 110 valence electrons. The zero-order valence-corrected chi connectivity index (χ0v) is 11.9. The molecule has 0 aromatic carbocycles. The summed E-state index contributed by atoms with van der Waals surface area (Å²) in [5.74, 6) is -1.77. The third-order valence-corrected chi connectivity index (χ3v) is 2.67. The lowest BCUT2D eigenvalue weighted by Crippen LogP contribution is -2.45. The summed E-state index contributed by atoms with van der Waals surface area (Å²) >= 11 is 0. The van der Waals surface area contributed by atoms with E-state index in [1.165, 1.54) is 0 Å². The van der Waals surface area contributed by atoms with E-state index < -0.39 is 12.0 Å². The number of rotatable bonds is 9. The minimum absolute atomic E-state index is 0.193. The van der Waals surface area contributed by atoms with E-state index in [9.17, 15) is 14.4 Å². The Kier molecular flexibility index (Phi) is 8.57. The lowest BCUT2D eigenvalue weighted by atomic mass is 10.1. The molecular weight excluding hydrogens is 248 g/mol. The Morgan fingerprint density at radius 2 is 1.63 bits per heavy atom. The van der Waals surface area contributed by atoms with E-state index in [1.807, 2.05) is 13.8 Å². The standard InChI is InChI=1S/C13H24N2O4/c1-4-7-15(8-5-2)12(17)9-10(13(18)19)14-11(16)6-3/h10H,4-9H2,1-3H3,(H,14,16)(H,18,19)/t10-/m0/s1. The maximum atomic E-state index is 12.0. The van der Waals surface area contributed by atoms with Crippen LogP contribution in [-0.4, -0.2) is 46.9 Å². The summed E-state index contributed by atoms with van der Waals surface area (Å²) in [7, 11) is 0. The Morgan fingerprint density at radius 1 is 1.11 bits per heavy atom. The highest BCUT2D eigenvalue weighted by Gasteiger charge is 2.25. The van der Waals surface area contributed by atoms with E-state index in [1.54, 1.807) is 11.8 Å². The Balaban J connectivity index is 4.59. The smallest absolute Gasteiger partial charge is 0.326 e. The highest BCUT2D eigenvalue weighted by molar-refractivity contribution is 5.88. The van der Waals surface area contributed by atoms with Gasteiger partial charge in [-0.1, -0.05) is 20.8 Å². The van der Waals surface area contributed by atoms with Crippen LogP contribution in [0, 0.1) is 0 Å². The van der Waals surface area contributed by atoms with Gasteiger partial charge in [-0.3, -0.25) is 9.59 Å². The molecule has 0 saturated carbocycles. The molecule has 0 radical (unpaired) electrons. The van der Waals surface area contributed by atoms with Crippen molar-refractivity contribution in [2.24, 2.45) is 0 Å². The van der Waals surface area contributed by atoms with Crippen LogP contribution in [0.5, 0.6) is 0 Å². The fourth-order valence-corrected chi connectivity index (χ4v) is 1.70. The maximum absolute atomic E-state index is 12.0. The quantitative estimate of drug-likeness (QED) is 0.655. The summed E-state index contributed by atoms with van der Waals surface area (Å²) in [5, 5.41) is 11.4. The number of carboxylic acids is 1. The van der Waals surface area contributed by atoms with Crippen LogP contribution in [0.4, 0.5) is 0 Å². The first-order chi connectivity index (χ1) is 8.96. The van der Waals surface area contributed by atoms with Crippen LogP contribution in [0.15, 0.2) is 0 Å². The van der Waals surface area contributed by atoms with Gasteiger partial charge in [-0.05, 0) is 12.8 Å². The SMILES string of the molecule is CCCN(CCC)C(=O)C[C@H](NC(=O)CC)C(=O)O. The molecule has 0 aliphatic carbocycles. The fourth-order valence-electron chi connectivity index (χ4n) is 1.70. The Hall–Kier alpha value is -1.59. The number of nitrogens with zero attached hydrogens (tertiary/aromatic N) is 1. The predicted octanol–water partition coefficient (Wildman–Crippen LogP) is 1.00. The van der Waals surface area contributed by atoms with Crippen LogP contribution < -0.4 is 5.32 Å². The number of hydrogen-bond acceptors (Lipinski definition) is 3. The molecule has 1 atom stereocenters. The van der Waals surface area contributed by atoms with E-state index in [-0.39, 0.29) is 24.7 Å². The van der Waals surface area contributed by atoms with Gasteiger partial charge in [-0.15, -0.1) is 0 Å². The number of amides is 2. The molecule has 6 heteroatoms. The summed E-state index contributed by atoms with van der Waals surface area (Å²) in [4.78, 5) is 35.9. The van der Waals surface area contributed by atoms with Crippen molar-refractivity contribution in [1.29, 1.82) is 0 Å². The van der Waals surface area contributed by atoms with E-state index in [0.717, 1.165) is 12.8 Å². The number of hydrogen-bond donors (Lipinski definition) is 2. The second-order valence-electron chi connectivity index (χ2n) is 4.40. The normalized spacial score (nSPS) is 11.7. The summed E-state index contributed by atoms with van der Waals surface area (Å²) in [5.41, 5.74) is 0. The molecule has 0 aliphatic heterocycles. The van der Waals surface area contributed by atoms with Crippen molar-refractivity contribution in [2.45, 2.75) is 52.5 Å². The van der Waals surface area contributed by atoms with E-state index in [0.29, 0.717) is 13.1 Å². The highest BCUT2D eigenvalue weighted by Crippen LogP contribution is 2.03. The third-order valence-electron chi connectivity index (χ3n) is 2.67. The molecule has 2 amide bonds. The van der Waals surface area contributed by atoms with Crippen molar-refractivity contribution in [2.75, 3.05) is 13.1 Å². The predicted molar refractivity (Wildman–Crippen MR) is 71.6 cm³/mol. The number of carbonyl (C=O) groups is 3. The molecule has 0 aromatic heterocycles. The van der Waals surface area contributed by atoms with Crippen molar-refractivity contribution in [1.82, 2.24) is 10.2 Å². The average molecular weight is 272 g/mol. The Morgan fingerprint density at radius 3 is 2.00 bits per heavy atom. The van der Waals surface area contributed by atoms with Crippen molar-refractivity contribution in [3.8, 4) is 0 Å². The highest BCUT2D eigenvalue weighted by atomic mass is 16.4. The van der Waals surface area contributed by atoms with Gasteiger partial charge in [0.1, 0.15) is 6.04 Å². The van der Waals surface area contributed by atoms with Crippen molar-refractivity contribution >= 4 is 17.8 Å². The molecule has 0 saturated heterocycles. The molecule has 2 N–H and O–H groups in total. The molecule has 0 aromatic rings. The fraction of sp³-hybridized carbons (Fsp3) is 0.769. The van der Waals surface area contributed by atoms with Crippen LogP contribution in [0.1, 0.15) is 46.5 Å². The Labute approximate surface area is 114 Å². The number of carbonyl (C=O) groups excluding carboxylic acids is 2. The topological polar surface area (TPSA) is 86.7 Å². The summed E-state index contributed by atoms with van der Waals surface area (Å²) in [6.45, 7) is 6.78. The summed E-state index contributed by atoms with van der Waals surface area (Å²) < 4.78 is 0. The first-order valence-electron chi connectivity index (χ1n) is 6.76. The molecule has 0 unspecified atom stereocenters. The molecule has 19 heavy (non-hydrogen) atoms. The van der Waals surface area contributed by atoms with Crippen molar-refractivity contribution in [3.63, 3.8) is 0 Å². The number of carboxylic acid groups (broad SMARTS) is 1. The molecule has 0 spiro atoms. The van der Waals surface area contributed by atoms with Crippen LogP contribution >= 0.6 is 0 Å². The molecule has 0 aliphatic rings. The van der Waals surface area contributed by atoms with Gasteiger partial charge in [0, 0.05) is 19.5 Å². The van der Waals surface area contributed by atoms with Crippen molar-refractivity contribution in [3.05, 3.63) is 0 Å². The van der Waals surface area contributed by atoms with Crippen LogP contribution in [0.2, 0.25) is 0 Å². The third kappa shape index (κ3) is 6.79. The second-order valence-corrected chi connectivity index (χ2v) is 4.40. The largest absolute Gasteiger partial charge is 0.480 e. The zero-order valence-electron chi connectivity index (χ0n) is 11.9. The summed E-state index contributed by atoms with van der Waals surface area (Å²) in [6, 6.07) is -1.14. The molecule has 0 heterocycles. The van der Waals surface area contributed by atoms with Crippen LogP contribution in [-0.2, 0) is 14.4 Å². The van der Waals surface area contributed by atoms with Crippen LogP contribution in [0.25, 0.3) is 0 Å². The monoisotopic (exact) mass is 272 g/mol. The summed E-state index contributed by atoms with van der Waals surface area (Å²) in [6.07, 6.45) is 1.66. The second kappa shape index (κ2) is 9.35.